The fraction of sp³-hybridized carbons (Fsp3) is 0.179. The van der Waals surface area contributed by atoms with E-state index in [4.69, 9.17) is 9.47 Å². The molecule has 5 rings (SSSR count). The van der Waals surface area contributed by atoms with Crippen molar-refractivity contribution < 1.29 is 19.1 Å². The molecule has 3 aromatic carbocycles. The summed E-state index contributed by atoms with van der Waals surface area (Å²) in [4.78, 5) is 30.1. The van der Waals surface area contributed by atoms with Gasteiger partial charge in [-0.15, -0.1) is 0 Å². The number of amides is 2. The molecule has 2 N–H and O–H groups in total. The molecule has 0 atom stereocenters. The number of nitrogens with zero attached hydrogens (tertiary/aromatic N) is 1. The average Bonchev–Trinajstić information content (AvgIpc) is 3.68. The maximum atomic E-state index is 12.9. The van der Waals surface area contributed by atoms with Crippen LogP contribution in [0.15, 0.2) is 79.0 Å². The van der Waals surface area contributed by atoms with Crippen molar-refractivity contribution in [2.24, 2.45) is 5.41 Å². The van der Waals surface area contributed by atoms with Crippen LogP contribution in [0.5, 0.6) is 17.2 Å². The Kier molecular flexibility index (Phi) is 5.82. The molecule has 0 radical (unpaired) electrons. The molecule has 0 spiro atoms. The molecule has 1 saturated carbocycles. The molecule has 1 aliphatic carbocycles. The third-order valence-corrected chi connectivity index (χ3v) is 6.21. The third kappa shape index (κ3) is 4.53. The highest BCUT2D eigenvalue weighted by molar-refractivity contribution is 6.16. The van der Waals surface area contributed by atoms with E-state index in [0.717, 1.165) is 22.2 Å². The molecule has 4 aromatic rings. The predicted octanol–water partition coefficient (Wildman–Crippen LogP) is 5.70. The number of carbonyl (C=O) groups is 2. The molecule has 0 saturated heterocycles. The summed E-state index contributed by atoms with van der Waals surface area (Å²) in [5.41, 5.74) is 2.05. The maximum absolute atomic E-state index is 12.9. The maximum Gasteiger partial charge on any atom is 0.240 e. The fourth-order valence-corrected chi connectivity index (χ4v) is 4.00. The number of rotatable bonds is 7. The highest BCUT2D eigenvalue weighted by atomic mass is 16.5. The van der Waals surface area contributed by atoms with Crippen molar-refractivity contribution >= 4 is 34.1 Å². The summed E-state index contributed by atoms with van der Waals surface area (Å²) in [5.74, 6) is 1.44. The van der Waals surface area contributed by atoms with Crippen LogP contribution in [0, 0.1) is 12.3 Å². The minimum absolute atomic E-state index is 0.281. The van der Waals surface area contributed by atoms with Gasteiger partial charge in [0, 0.05) is 23.0 Å². The summed E-state index contributed by atoms with van der Waals surface area (Å²) >= 11 is 0. The fourth-order valence-electron chi connectivity index (χ4n) is 4.00. The van der Waals surface area contributed by atoms with Gasteiger partial charge in [-0.3, -0.25) is 14.6 Å². The molecule has 0 unspecified atom stereocenters. The number of ether oxygens (including phenoxy) is 2. The van der Waals surface area contributed by atoms with E-state index in [1.165, 1.54) is 0 Å². The van der Waals surface area contributed by atoms with Gasteiger partial charge in [-0.1, -0.05) is 18.2 Å². The summed E-state index contributed by atoms with van der Waals surface area (Å²) in [7, 11) is 1.63. The molecular formula is C28H25N3O4. The molecule has 0 aliphatic heterocycles. The number of aryl methyl sites for hydroxylation is 1. The van der Waals surface area contributed by atoms with E-state index >= 15 is 0 Å². The van der Waals surface area contributed by atoms with E-state index in [0.29, 0.717) is 35.7 Å². The lowest BCUT2D eigenvalue weighted by Crippen LogP contribution is -2.35. The smallest absolute Gasteiger partial charge is 0.240 e. The number of methoxy groups -OCH3 is 1. The number of carbonyl (C=O) groups excluding carboxylic acids is 2. The van der Waals surface area contributed by atoms with Crippen LogP contribution >= 0.6 is 0 Å². The van der Waals surface area contributed by atoms with Crippen LogP contribution in [-0.4, -0.2) is 23.9 Å². The van der Waals surface area contributed by atoms with E-state index in [1.807, 2.05) is 37.3 Å². The predicted molar refractivity (Wildman–Crippen MR) is 135 cm³/mol. The number of hydrogen-bond donors (Lipinski definition) is 2. The van der Waals surface area contributed by atoms with Crippen LogP contribution in [0.3, 0.4) is 0 Å². The van der Waals surface area contributed by atoms with E-state index in [9.17, 15) is 9.59 Å². The van der Waals surface area contributed by atoms with Gasteiger partial charge < -0.3 is 20.1 Å². The highest BCUT2D eigenvalue weighted by Crippen LogP contribution is 2.47. The molecule has 2 amide bonds. The van der Waals surface area contributed by atoms with Crippen LogP contribution in [0.2, 0.25) is 0 Å². The van der Waals surface area contributed by atoms with Gasteiger partial charge in [-0.25, -0.2) is 0 Å². The van der Waals surface area contributed by atoms with E-state index in [1.54, 1.807) is 55.8 Å². The molecule has 176 valence electrons. The van der Waals surface area contributed by atoms with Gasteiger partial charge in [-0.05, 0) is 79.9 Å². The first-order valence-electron chi connectivity index (χ1n) is 11.4. The van der Waals surface area contributed by atoms with Crippen LogP contribution in [0.1, 0.15) is 18.4 Å². The molecule has 0 bridgehead atoms. The normalized spacial score (nSPS) is 13.7. The Bertz CT molecular complexity index is 1400. The lowest BCUT2D eigenvalue weighted by molar-refractivity contribution is -0.131. The van der Waals surface area contributed by atoms with Crippen molar-refractivity contribution in [1.82, 2.24) is 4.98 Å². The number of para-hydroxylation sites is 1. The summed E-state index contributed by atoms with van der Waals surface area (Å²) < 4.78 is 11.5. The Labute approximate surface area is 203 Å². The second kappa shape index (κ2) is 9.10. The Morgan fingerprint density at radius 1 is 0.857 bits per heavy atom. The topological polar surface area (TPSA) is 89.5 Å². The van der Waals surface area contributed by atoms with Crippen LogP contribution in [-0.2, 0) is 9.59 Å². The van der Waals surface area contributed by atoms with Crippen molar-refractivity contribution in [3.63, 3.8) is 0 Å². The molecule has 1 aliphatic rings. The van der Waals surface area contributed by atoms with Gasteiger partial charge in [0.1, 0.15) is 22.7 Å². The lowest BCUT2D eigenvalue weighted by atomic mass is 10.0. The molecule has 1 aromatic heterocycles. The number of benzene rings is 3. The van der Waals surface area contributed by atoms with E-state index < -0.39 is 5.41 Å². The Morgan fingerprint density at radius 2 is 1.51 bits per heavy atom. The zero-order valence-corrected chi connectivity index (χ0v) is 19.5. The first kappa shape index (κ1) is 22.4. The van der Waals surface area contributed by atoms with Gasteiger partial charge in [0.25, 0.3) is 0 Å². The number of anilines is 2. The third-order valence-electron chi connectivity index (χ3n) is 6.21. The Morgan fingerprint density at radius 3 is 2.14 bits per heavy atom. The van der Waals surface area contributed by atoms with Crippen molar-refractivity contribution in [3.8, 4) is 17.2 Å². The molecule has 7 nitrogen and oxygen atoms in total. The Balaban J connectivity index is 1.28. The first-order valence-corrected chi connectivity index (χ1v) is 11.4. The second-order valence-corrected chi connectivity index (χ2v) is 8.63. The largest absolute Gasteiger partial charge is 0.496 e. The minimum atomic E-state index is -1.03. The monoisotopic (exact) mass is 467 g/mol. The van der Waals surface area contributed by atoms with Crippen molar-refractivity contribution in [1.29, 1.82) is 0 Å². The quantitative estimate of drug-likeness (QED) is 0.340. The van der Waals surface area contributed by atoms with Gasteiger partial charge in [0.2, 0.25) is 11.8 Å². The van der Waals surface area contributed by atoms with Gasteiger partial charge in [0.15, 0.2) is 0 Å². The minimum Gasteiger partial charge on any atom is -0.496 e. The second-order valence-electron chi connectivity index (χ2n) is 8.63. The zero-order chi connectivity index (χ0) is 24.4. The average molecular weight is 468 g/mol. The van der Waals surface area contributed by atoms with Gasteiger partial charge in [0.05, 0.1) is 12.6 Å². The van der Waals surface area contributed by atoms with E-state index in [2.05, 4.69) is 15.6 Å². The molecule has 1 fully saturated rings. The number of nitrogens with one attached hydrogen (secondary N) is 2. The first-order chi connectivity index (χ1) is 17.0. The van der Waals surface area contributed by atoms with Crippen molar-refractivity contribution in [2.75, 3.05) is 17.7 Å². The van der Waals surface area contributed by atoms with Crippen molar-refractivity contribution in [3.05, 3.63) is 84.6 Å². The number of aromatic nitrogens is 1. The molecule has 1 heterocycles. The summed E-state index contributed by atoms with van der Waals surface area (Å²) in [5, 5.41) is 6.55. The van der Waals surface area contributed by atoms with Crippen LogP contribution in [0.25, 0.3) is 10.9 Å². The van der Waals surface area contributed by atoms with Gasteiger partial charge >= 0.3 is 0 Å². The zero-order valence-electron chi connectivity index (χ0n) is 19.5. The number of fused-ring (bicyclic) bond motifs is 1. The molecule has 7 heteroatoms. The van der Waals surface area contributed by atoms with Gasteiger partial charge in [-0.2, -0.15) is 0 Å². The summed E-state index contributed by atoms with van der Waals surface area (Å²) in [6, 6.07) is 21.9. The lowest BCUT2D eigenvalue weighted by Gasteiger charge is -2.16. The summed E-state index contributed by atoms with van der Waals surface area (Å²) in [6.45, 7) is 1.97. The highest BCUT2D eigenvalue weighted by Gasteiger charge is 2.56. The molecular weight excluding hydrogens is 442 g/mol. The van der Waals surface area contributed by atoms with Crippen LogP contribution in [0.4, 0.5) is 11.4 Å². The SMILES string of the molecule is COc1cc2c(Oc3ccc(NC(=O)C4(C(=O)Nc5ccccc5)CC4)cc3)ccnc2cc1C. The van der Waals surface area contributed by atoms with Crippen molar-refractivity contribution in [2.45, 2.75) is 19.8 Å². The number of pyridine rings is 1. The number of hydrogen-bond acceptors (Lipinski definition) is 5. The summed E-state index contributed by atoms with van der Waals surface area (Å²) in [6.07, 6.45) is 2.75. The Hall–Kier alpha value is -4.39. The van der Waals surface area contributed by atoms with Crippen LogP contribution < -0.4 is 20.1 Å². The molecule has 35 heavy (non-hydrogen) atoms. The standard InChI is InChI=1S/C28H25N3O4/c1-18-16-23-22(17-25(18)34-2)24(12-15-29-23)35-21-10-8-20(9-11-21)31-27(33)28(13-14-28)26(32)30-19-6-4-3-5-7-19/h3-12,15-17H,13-14H2,1-2H3,(H,30,32)(H,31,33). The van der Waals surface area contributed by atoms with E-state index in [-0.39, 0.29) is 11.8 Å².